The molecule has 0 spiro atoms. The van der Waals surface area contributed by atoms with Crippen LogP contribution in [0.25, 0.3) is 0 Å². The Labute approximate surface area is 114 Å². The maximum atomic E-state index is 11.5. The minimum atomic E-state index is -2.45. The second-order valence-electron chi connectivity index (χ2n) is 5.08. The minimum Gasteiger partial charge on any atom is -0.479 e. The number of hydrogen-bond acceptors (Lipinski definition) is 4. The van der Waals surface area contributed by atoms with Crippen molar-refractivity contribution in [1.82, 2.24) is 0 Å². The van der Waals surface area contributed by atoms with Crippen LogP contribution in [-0.4, -0.2) is 38.8 Å². The lowest BCUT2D eigenvalue weighted by Crippen LogP contribution is -2.50. The summed E-state index contributed by atoms with van der Waals surface area (Å²) in [5.74, 6) is -2.62. The third kappa shape index (κ3) is 6.16. The first-order chi connectivity index (χ1) is 8.86. The molecule has 0 fully saturated rings. The van der Waals surface area contributed by atoms with Crippen molar-refractivity contribution in [3.63, 3.8) is 0 Å². The van der Waals surface area contributed by atoms with Gasteiger partial charge in [0.1, 0.15) is 6.10 Å². The highest BCUT2D eigenvalue weighted by Gasteiger charge is 2.45. The molecule has 0 aliphatic heterocycles. The van der Waals surface area contributed by atoms with Crippen molar-refractivity contribution in [3.05, 3.63) is 0 Å². The van der Waals surface area contributed by atoms with Gasteiger partial charge in [-0.2, -0.15) is 0 Å². The van der Waals surface area contributed by atoms with Gasteiger partial charge in [0.2, 0.25) is 11.4 Å². The van der Waals surface area contributed by atoms with Crippen LogP contribution in [0.2, 0.25) is 0 Å². The SMILES string of the molecule is CCCCCCCCCC(O)(C(=O)O)C(=O)C(C)O. The number of aliphatic hydroxyl groups excluding tert-OH is 1. The van der Waals surface area contributed by atoms with Crippen molar-refractivity contribution >= 4 is 11.8 Å². The van der Waals surface area contributed by atoms with E-state index in [4.69, 9.17) is 10.2 Å². The van der Waals surface area contributed by atoms with E-state index < -0.39 is 23.5 Å². The fourth-order valence-corrected chi connectivity index (χ4v) is 2.02. The number of hydrogen-bond donors (Lipinski definition) is 3. The van der Waals surface area contributed by atoms with Crippen LogP contribution < -0.4 is 0 Å². The Hall–Kier alpha value is -0.940. The number of carboxylic acid groups (broad SMARTS) is 1. The maximum absolute atomic E-state index is 11.5. The van der Waals surface area contributed by atoms with Gasteiger partial charge in [-0.25, -0.2) is 4.79 Å². The number of rotatable bonds is 11. The van der Waals surface area contributed by atoms with Gasteiger partial charge in [-0.1, -0.05) is 45.4 Å². The average Bonchev–Trinajstić information content (AvgIpc) is 2.36. The highest BCUT2D eigenvalue weighted by Crippen LogP contribution is 2.19. The van der Waals surface area contributed by atoms with E-state index in [1.165, 1.54) is 19.8 Å². The van der Waals surface area contributed by atoms with Crippen LogP contribution in [-0.2, 0) is 9.59 Å². The lowest BCUT2D eigenvalue weighted by molar-refractivity contribution is -0.169. The molecule has 0 radical (unpaired) electrons. The van der Waals surface area contributed by atoms with Gasteiger partial charge >= 0.3 is 5.97 Å². The second-order valence-corrected chi connectivity index (χ2v) is 5.08. The van der Waals surface area contributed by atoms with Crippen LogP contribution in [0.15, 0.2) is 0 Å². The number of carbonyl (C=O) groups is 2. The van der Waals surface area contributed by atoms with Crippen LogP contribution in [0.5, 0.6) is 0 Å². The zero-order chi connectivity index (χ0) is 14.9. The summed E-state index contributed by atoms with van der Waals surface area (Å²) >= 11 is 0. The van der Waals surface area contributed by atoms with Crippen LogP contribution >= 0.6 is 0 Å². The molecule has 5 heteroatoms. The van der Waals surface area contributed by atoms with E-state index in [0.717, 1.165) is 25.7 Å². The molecule has 0 aliphatic carbocycles. The van der Waals surface area contributed by atoms with Gasteiger partial charge in [0.25, 0.3) is 0 Å². The molecule has 2 unspecified atom stereocenters. The largest absolute Gasteiger partial charge is 0.479 e. The van der Waals surface area contributed by atoms with E-state index >= 15 is 0 Å². The normalized spacial score (nSPS) is 15.8. The Morgan fingerprint density at radius 3 is 1.95 bits per heavy atom. The average molecular weight is 274 g/mol. The van der Waals surface area contributed by atoms with E-state index in [2.05, 4.69) is 6.92 Å². The summed E-state index contributed by atoms with van der Waals surface area (Å²) in [5, 5.41) is 27.9. The summed E-state index contributed by atoms with van der Waals surface area (Å²) in [4.78, 5) is 22.5. The molecule has 0 aromatic heterocycles. The molecule has 19 heavy (non-hydrogen) atoms. The molecule has 0 rings (SSSR count). The molecule has 0 aromatic carbocycles. The number of ketones is 1. The van der Waals surface area contributed by atoms with Crippen molar-refractivity contribution < 1.29 is 24.9 Å². The van der Waals surface area contributed by atoms with Gasteiger partial charge in [-0.15, -0.1) is 0 Å². The van der Waals surface area contributed by atoms with E-state index in [-0.39, 0.29) is 6.42 Å². The molecule has 2 atom stereocenters. The Morgan fingerprint density at radius 2 is 1.53 bits per heavy atom. The molecule has 112 valence electrons. The van der Waals surface area contributed by atoms with Crippen molar-refractivity contribution in [2.45, 2.75) is 76.9 Å². The zero-order valence-corrected chi connectivity index (χ0v) is 11.9. The smallest absolute Gasteiger partial charge is 0.343 e. The van der Waals surface area contributed by atoms with E-state index in [9.17, 15) is 14.7 Å². The van der Waals surface area contributed by atoms with Gasteiger partial charge in [0, 0.05) is 0 Å². The number of carboxylic acids is 1. The Bertz CT molecular complexity index is 288. The first kappa shape index (κ1) is 18.1. The van der Waals surface area contributed by atoms with Crippen molar-refractivity contribution in [3.8, 4) is 0 Å². The number of Topliss-reactive ketones (excluding diaryl/α,β-unsaturated/α-hetero) is 1. The molecular formula is C14H26O5. The number of unbranched alkanes of at least 4 members (excludes halogenated alkanes) is 6. The Kier molecular flexibility index (Phi) is 8.59. The standard InChI is InChI=1S/C14H26O5/c1-3-4-5-6-7-8-9-10-14(19,13(17)18)12(16)11(2)15/h11,15,19H,3-10H2,1-2H3,(H,17,18). The molecular weight excluding hydrogens is 248 g/mol. The number of aliphatic hydroxyl groups is 2. The first-order valence-electron chi connectivity index (χ1n) is 7.04. The summed E-state index contributed by atoms with van der Waals surface area (Å²) in [6.45, 7) is 3.30. The van der Waals surface area contributed by atoms with Gasteiger partial charge in [-0.3, -0.25) is 4.79 Å². The zero-order valence-electron chi connectivity index (χ0n) is 11.9. The van der Waals surface area contributed by atoms with Crippen molar-refractivity contribution in [2.75, 3.05) is 0 Å². The summed E-state index contributed by atoms with van der Waals surface area (Å²) < 4.78 is 0. The highest BCUT2D eigenvalue weighted by molar-refractivity contribution is 6.07. The first-order valence-corrected chi connectivity index (χ1v) is 7.04. The van der Waals surface area contributed by atoms with Crippen LogP contribution in [0.3, 0.4) is 0 Å². The summed E-state index contributed by atoms with van der Waals surface area (Å²) in [5.41, 5.74) is -2.45. The summed E-state index contributed by atoms with van der Waals surface area (Å²) in [7, 11) is 0. The summed E-state index contributed by atoms with van der Waals surface area (Å²) in [6, 6.07) is 0. The minimum absolute atomic E-state index is 0.139. The third-order valence-corrected chi connectivity index (χ3v) is 3.28. The van der Waals surface area contributed by atoms with Crippen molar-refractivity contribution in [2.24, 2.45) is 0 Å². The predicted octanol–water partition coefficient (Wildman–Crippen LogP) is 1.89. The quantitative estimate of drug-likeness (QED) is 0.395. The highest BCUT2D eigenvalue weighted by atomic mass is 16.4. The Balaban J connectivity index is 4.10. The molecule has 0 heterocycles. The topological polar surface area (TPSA) is 94.8 Å². The molecule has 3 N–H and O–H groups in total. The van der Waals surface area contributed by atoms with Gasteiger partial charge in [0.05, 0.1) is 0 Å². The fraction of sp³-hybridized carbons (Fsp3) is 0.857. The molecule has 5 nitrogen and oxygen atoms in total. The Morgan fingerprint density at radius 1 is 1.05 bits per heavy atom. The van der Waals surface area contributed by atoms with E-state index in [0.29, 0.717) is 6.42 Å². The van der Waals surface area contributed by atoms with Crippen LogP contribution in [0.4, 0.5) is 0 Å². The van der Waals surface area contributed by atoms with E-state index in [1.54, 1.807) is 0 Å². The molecule has 0 saturated heterocycles. The molecule has 0 aliphatic rings. The fourth-order valence-electron chi connectivity index (χ4n) is 2.02. The number of aliphatic carboxylic acids is 1. The lowest BCUT2D eigenvalue weighted by atomic mass is 9.89. The van der Waals surface area contributed by atoms with Crippen LogP contribution in [0.1, 0.15) is 65.2 Å². The molecule has 0 saturated carbocycles. The molecule has 0 amide bonds. The molecule has 0 aromatic rings. The van der Waals surface area contributed by atoms with Crippen LogP contribution in [0, 0.1) is 0 Å². The monoisotopic (exact) mass is 274 g/mol. The molecule has 0 bridgehead atoms. The third-order valence-electron chi connectivity index (χ3n) is 3.28. The van der Waals surface area contributed by atoms with Gasteiger partial charge in [0.15, 0.2) is 0 Å². The van der Waals surface area contributed by atoms with Crippen molar-refractivity contribution in [1.29, 1.82) is 0 Å². The lowest BCUT2D eigenvalue weighted by Gasteiger charge is -2.23. The predicted molar refractivity (Wildman–Crippen MR) is 71.9 cm³/mol. The van der Waals surface area contributed by atoms with Gasteiger partial charge < -0.3 is 15.3 Å². The second kappa shape index (κ2) is 9.04. The maximum Gasteiger partial charge on any atom is 0.343 e. The van der Waals surface area contributed by atoms with E-state index in [1.807, 2.05) is 0 Å². The number of carbonyl (C=O) groups excluding carboxylic acids is 1. The van der Waals surface area contributed by atoms with Gasteiger partial charge in [-0.05, 0) is 19.8 Å². The summed E-state index contributed by atoms with van der Waals surface area (Å²) in [6.07, 6.45) is 5.22.